The number of para-hydroxylation sites is 2. The monoisotopic (exact) mass is 402 g/mol. The van der Waals surface area contributed by atoms with Gasteiger partial charge in [-0.1, -0.05) is 36.4 Å². The molecule has 0 aliphatic carbocycles. The minimum atomic E-state index is -5.92. The summed E-state index contributed by atoms with van der Waals surface area (Å²) in [6.07, 6.45) is 0. The van der Waals surface area contributed by atoms with E-state index in [0.717, 1.165) is 0 Å². The molecule has 0 bridgehead atoms. The third kappa shape index (κ3) is 5.63. The third-order valence-corrected chi connectivity index (χ3v) is 4.06. The second kappa shape index (κ2) is 8.78. The summed E-state index contributed by atoms with van der Waals surface area (Å²) in [4.78, 5) is 11.2. The van der Waals surface area contributed by atoms with Gasteiger partial charge in [0.05, 0.1) is 0 Å². The first-order valence-corrected chi connectivity index (χ1v) is 9.06. The molecule has 1 N–H and O–H groups in total. The lowest BCUT2D eigenvalue weighted by Gasteiger charge is -2.14. The fourth-order valence-corrected chi connectivity index (χ4v) is 2.19. The Bertz CT molecular complexity index is 870. The van der Waals surface area contributed by atoms with Crippen molar-refractivity contribution >= 4 is 16.1 Å². The van der Waals surface area contributed by atoms with Crippen LogP contribution in [0.2, 0.25) is 0 Å². The molecule has 0 aliphatic heterocycles. The second-order valence-corrected chi connectivity index (χ2v) is 6.65. The van der Waals surface area contributed by atoms with Crippen LogP contribution in [0.15, 0.2) is 54.6 Å². The van der Waals surface area contributed by atoms with Crippen LogP contribution in [0, 0.1) is 0 Å². The Morgan fingerprint density at radius 2 is 1.56 bits per heavy atom. The molecule has 0 aliphatic rings. The van der Waals surface area contributed by atoms with E-state index in [2.05, 4.69) is 4.74 Å². The molecular weight excluding hydrogens is 386 g/mol. The van der Waals surface area contributed by atoms with Gasteiger partial charge in [0.15, 0.2) is 0 Å². The molecule has 0 saturated carbocycles. The van der Waals surface area contributed by atoms with E-state index >= 15 is 0 Å². The Morgan fingerprint density at radius 3 is 2.22 bits per heavy atom. The number of esters is 1. The lowest BCUT2D eigenvalue weighted by Crippen LogP contribution is -2.38. The molecule has 0 heterocycles. The molecule has 10 heteroatoms. The molecule has 2 rings (SSSR count). The lowest BCUT2D eigenvalue weighted by atomic mass is 10.2. The topological polar surface area (TPSA) is 99.1 Å². The first-order chi connectivity index (χ1) is 12.7. The molecular formula is C17H16F2O7S. The van der Waals surface area contributed by atoms with E-state index in [0.29, 0.717) is 5.75 Å². The minimum Gasteiger partial charge on any atom is -0.490 e. The van der Waals surface area contributed by atoms with Crippen LogP contribution in [0.4, 0.5) is 8.78 Å². The molecule has 2 aromatic carbocycles. The van der Waals surface area contributed by atoms with Crippen molar-refractivity contribution in [3.63, 3.8) is 0 Å². The average Bonchev–Trinajstić information content (AvgIpc) is 2.64. The standard InChI is InChI=1S/C17H16F2O7S/c18-17(19,27(21,22)23)16(20)26-12-13-6-4-5-9-15(13)25-11-10-24-14-7-2-1-3-8-14/h1-9H,10-12H2,(H,21,22,23). The lowest BCUT2D eigenvalue weighted by molar-refractivity contribution is -0.162. The molecule has 0 saturated heterocycles. The molecule has 0 atom stereocenters. The molecule has 0 unspecified atom stereocenters. The molecule has 146 valence electrons. The van der Waals surface area contributed by atoms with Gasteiger partial charge in [0.1, 0.15) is 31.3 Å². The van der Waals surface area contributed by atoms with Crippen LogP contribution >= 0.6 is 0 Å². The van der Waals surface area contributed by atoms with Crippen LogP contribution in [-0.2, 0) is 26.3 Å². The number of halogens is 2. The molecule has 7 nitrogen and oxygen atoms in total. The van der Waals surface area contributed by atoms with Gasteiger partial charge < -0.3 is 14.2 Å². The Kier molecular flexibility index (Phi) is 6.70. The van der Waals surface area contributed by atoms with Crippen LogP contribution in [0.3, 0.4) is 0 Å². The summed E-state index contributed by atoms with van der Waals surface area (Å²) in [6.45, 7) is -0.334. The molecule has 0 amide bonds. The van der Waals surface area contributed by atoms with Crippen molar-refractivity contribution in [2.75, 3.05) is 13.2 Å². The molecule has 0 fully saturated rings. The van der Waals surface area contributed by atoms with Crippen molar-refractivity contribution in [2.24, 2.45) is 0 Å². The van der Waals surface area contributed by atoms with Gasteiger partial charge in [0.25, 0.3) is 0 Å². The number of carbonyl (C=O) groups is 1. The van der Waals surface area contributed by atoms with Crippen molar-refractivity contribution in [2.45, 2.75) is 11.9 Å². The molecule has 2 aromatic rings. The Labute approximate surface area is 154 Å². The Morgan fingerprint density at radius 1 is 0.963 bits per heavy atom. The zero-order valence-electron chi connectivity index (χ0n) is 13.9. The number of ether oxygens (including phenoxy) is 3. The Hall–Kier alpha value is -2.72. The highest BCUT2D eigenvalue weighted by atomic mass is 32.2. The fraction of sp³-hybridized carbons (Fsp3) is 0.235. The SMILES string of the molecule is O=C(OCc1ccccc1OCCOc1ccccc1)C(F)(F)S(=O)(=O)O. The summed E-state index contributed by atoms with van der Waals surface area (Å²) >= 11 is 0. The van der Waals surface area contributed by atoms with E-state index < -0.39 is 27.9 Å². The highest BCUT2D eigenvalue weighted by Gasteiger charge is 2.54. The highest BCUT2D eigenvalue weighted by molar-refractivity contribution is 7.87. The van der Waals surface area contributed by atoms with Crippen molar-refractivity contribution in [3.05, 3.63) is 60.2 Å². The zero-order chi connectivity index (χ0) is 19.9. The zero-order valence-corrected chi connectivity index (χ0v) is 14.7. The van der Waals surface area contributed by atoms with Gasteiger partial charge in [-0.15, -0.1) is 0 Å². The van der Waals surface area contributed by atoms with Crippen molar-refractivity contribution < 1.29 is 40.8 Å². The predicted octanol–water partition coefficient (Wildman–Crippen LogP) is 2.67. The van der Waals surface area contributed by atoms with Crippen molar-refractivity contribution in [3.8, 4) is 11.5 Å². The van der Waals surface area contributed by atoms with Gasteiger partial charge in [0, 0.05) is 5.56 Å². The van der Waals surface area contributed by atoms with Crippen LogP contribution in [0.5, 0.6) is 11.5 Å². The van der Waals surface area contributed by atoms with Crippen molar-refractivity contribution in [1.82, 2.24) is 0 Å². The van der Waals surface area contributed by atoms with E-state index in [1.54, 1.807) is 24.3 Å². The van der Waals surface area contributed by atoms with Crippen molar-refractivity contribution in [1.29, 1.82) is 0 Å². The molecule has 0 spiro atoms. The summed E-state index contributed by atoms with van der Waals surface area (Å²) in [5.74, 6) is -1.49. The second-order valence-electron chi connectivity index (χ2n) is 5.19. The van der Waals surface area contributed by atoms with Gasteiger partial charge >= 0.3 is 21.3 Å². The number of benzene rings is 2. The average molecular weight is 402 g/mol. The number of rotatable bonds is 9. The predicted molar refractivity (Wildman–Crippen MR) is 90.2 cm³/mol. The number of hydrogen-bond acceptors (Lipinski definition) is 6. The highest BCUT2D eigenvalue weighted by Crippen LogP contribution is 2.24. The molecule has 0 radical (unpaired) electrons. The maximum Gasteiger partial charge on any atom is 0.465 e. The normalized spacial score (nSPS) is 11.7. The largest absolute Gasteiger partial charge is 0.490 e. The molecule has 0 aromatic heterocycles. The van der Waals surface area contributed by atoms with Crippen LogP contribution in [0.25, 0.3) is 0 Å². The van der Waals surface area contributed by atoms with E-state index in [9.17, 15) is 22.0 Å². The number of hydrogen-bond donors (Lipinski definition) is 1. The first-order valence-electron chi connectivity index (χ1n) is 7.62. The maximum atomic E-state index is 13.2. The van der Waals surface area contributed by atoms with E-state index in [1.807, 2.05) is 18.2 Å². The fourth-order valence-electron chi connectivity index (χ4n) is 1.92. The molecule has 27 heavy (non-hydrogen) atoms. The summed E-state index contributed by atoms with van der Waals surface area (Å²) in [5.41, 5.74) is 0.233. The smallest absolute Gasteiger partial charge is 0.465 e. The van der Waals surface area contributed by atoms with E-state index in [4.69, 9.17) is 14.0 Å². The third-order valence-electron chi connectivity index (χ3n) is 3.25. The van der Waals surface area contributed by atoms with Crippen LogP contribution in [-0.4, -0.2) is 37.4 Å². The number of alkyl halides is 2. The maximum absolute atomic E-state index is 13.2. The summed E-state index contributed by atoms with van der Waals surface area (Å²) in [7, 11) is -5.92. The van der Waals surface area contributed by atoms with Gasteiger partial charge in [0.2, 0.25) is 0 Å². The quantitative estimate of drug-likeness (QED) is 0.391. The first kappa shape index (κ1) is 20.6. The van der Waals surface area contributed by atoms with E-state index in [-0.39, 0.29) is 24.5 Å². The van der Waals surface area contributed by atoms with Crippen LogP contribution in [0.1, 0.15) is 5.56 Å². The van der Waals surface area contributed by atoms with Gasteiger partial charge in [-0.3, -0.25) is 4.55 Å². The van der Waals surface area contributed by atoms with Gasteiger partial charge in [-0.25, -0.2) is 4.79 Å². The summed E-state index contributed by atoms with van der Waals surface area (Å²) in [6, 6.07) is 15.1. The summed E-state index contributed by atoms with van der Waals surface area (Å²) < 4.78 is 71.0. The van der Waals surface area contributed by atoms with Gasteiger partial charge in [-0.05, 0) is 18.2 Å². The summed E-state index contributed by atoms with van der Waals surface area (Å²) in [5, 5.41) is -5.05. The van der Waals surface area contributed by atoms with Gasteiger partial charge in [-0.2, -0.15) is 17.2 Å². The van der Waals surface area contributed by atoms with Crippen LogP contribution < -0.4 is 9.47 Å². The van der Waals surface area contributed by atoms with E-state index in [1.165, 1.54) is 12.1 Å². The minimum absolute atomic E-state index is 0.126. The number of carbonyl (C=O) groups excluding carboxylic acids is 1. The Balaban J connectivity index is 1.90.